The Morgan fingerprint density at radius 3 is 2.73 bits per heavy atom. The Morgan fingerprint density at radius 1 is 1.19 bits per heavy atom. The number of aromatic nitrogens is 2. The molecule has 1 fully saturated rings. The van der Waals surface area contributed by atoms with Crippen molar-refractivity contribution in [2.45, 2.75) is 45.1 Å². The summed E-state index contributed by atoms with van der Waals surface area (Å²) >= 11 is 0. The van der Waals surface area contributed by atoms with Crippen molar-refractivity contribution in [2.75, 3.05) is 23.7 Å². The molecule has 0 radical (unpaired) electrons. The molecule has 0 atom stereocenters. The van der Waals surface area contributed by atoms with E-state index >= 15 is 0 Å². The number of carbonyl (C=O) groups is 1. The minimum absolute atomic E-state index is 0.115. The summed E-state index contributed by atoms with van der Waals surface area (Å²) < 4.78 is 5.21. The number of nitrogens with zero attached hydrogens (tertiary/aromatic N) is 2. The van der Waals surface area contributed by atoms with Crippen LogP contribution in [0.15, 0.2) is 35.2 Å². The maximum atomic E-state index is 12.3. The molecule has 26 heavy (non-hydrogen) atoms. The van der Waals surface area contributed by atoms with Crippen molar-refractivity contribution in [1.29, 1.82) is 0 Å². The number of pyridine rings is 1. The Labute approximate surface area is 154 Å². The van der Waals surface area contributed by atoms with E-state index in [9.17, 15) is 4.79 Å². The van der Waals surface area contributed by atoms with E-state index in [4.69, 9.17) is 4.42 Å². The molecule has 2 aromatic heterocycles. The van der Waals surface area contributed by atoms with Crippen LogP contribution in [0.2, 0.25) is 0 Å². The number of carbonyl (C=O) groups excluding carboxylic acids is 1. The van der Waals surface area contributed by atoms with Crippen LogP contribution in [0.4, 0.5) is 11.8 Å². The molecular weight excluding hydrogens is 330 g/mol. The third-order valence-corrected chi connectivity index (χ3v) is 4.73. The van der Waals surface area contributed by atoms with Gasteiger partial charge in [0.1, 0.15) is 12.1 Å². The number of rotatable bonds is 8. The second kappa shape index (κ2) is 9.22. The van der Waals surface area contributed by atoms with Gasteiger partial charge in [0.25, 0.3) is 6.01 Å². The summed E-state index contributed by atoms with van der Waals surface area (Å²) in [6, 6.07) is 4.90. The van der Waals surface area contributed by atoms with Crippen molar-refractivity contribution in [3.63, 3.8) is 0 Å². The van der Waals surface area contributed by atoms with Gasteiger partial charge in [0.2, 0.25) is 5.91 Å². The SMILES string of the molecule is Cc1ccc(NCCCNC(=O)C2CCC(Nc3ncco3)CC2)nc1. The molecule has 2 aromatic rings. The number of aryl methyl sites for hydroxylation is 1. The van der Waals surface area contributed by atoms with E-state index in [1.54, 1.807) is 12.5 Å². The highest BCUT2D eigenvalue weighted by Gasteiger charge is 2.26. The van der Waals surface area contributed by atoms with Gasteiger partial charge in [0.15, 0.2) is 0 Å². The summed E-state index contributed by atoms with van der Waals surface area (Å²) in [7, 11) is 0. The molecule has 7 nitrogen and oxygen atoms in total. The number of amides is 1. The fourth-order valence-corrected chi connectivity index (χ4v) is 3.20. The zero-order valence-electron chi connectivity index (χ0n) is 15.2. The molecule has 0 aromatic carbocycles. The molecule has 0 unspecified atom stereocenters. The van der Waals surface area contributed by atoms with E-state index < -0.39 is 0 Å². The fourth-order valence-electron chi connectivity index (χ4n) is 3.20. The average Bonchev–Trinajstić information content (AvgIpc) is 3.16. The van der Waals surface area contributed by atoms with Crippen LogP contribution in [-0.2, 0) is 4.79 Å². The highest BCUT2D eigenvalue weighted by molar-refractivity contribution is 5.78. The van der Waals surface area contributed by atoms with Crippen molar-refractivity contribution >= 4 is 17.7 Å². The predicted octanol–water partition coefficient (Wildman–Crippen LogP) is 2.97. The summed E-state index contributed by atoms with van der Waals surface area (Å²) in [4.78, 5) is 20.7. The number of nitrogens with one attached hydrogen (secondary N) is 3. The summed E-state index contributed by atoms with van der Waals surface area (Å²) in [6.07, 6.45) is 9.63. The molecule has 1 amide bonds. The van der Waals surface area contributed by atoms with E-state index in [0.717, 1.165) is 50.0 Å². The second-order valence-corrected chi connectivity index (χ2v) is 6.82. The minimum atomic E-state index is 0.115. The summed E-state index contributed by atoms with van der Waals surface area (Å²) in [5.74, 6) is 1.16. The Hall–Kier alpha value is -2.57. The molecule has 0 aliphatic heterocycles. The van der Waals surface area contributed by atoms with Crippen molar-refractivity contribution < 1.29 is 9.21 Å². The number of hydrogen-bond acceptors (Lipinski definition) is 6. The van der Waals surface area contributed by atoms with Gasteiger partial charge in [0.05, 0.1) is 6.20 Å². The van der Waals surface area contributed by atoms with Crippen molar-refractivity contribution in [2.24, 2.45) is 5.92 Å². The molecule has 0 bridgehead atoms. The lowest BCUT2D eigenvalue weighted by molar-refractivity contribution is -0.125. The second-order valence-electron chi connectivity index (χ2n) is 6.82. The van der Waals surface area contributed by atoms with Crippen LogP contribution in [0.3, 0.4) is 0 Å². The topological polar surface area (TPSA) is 92.1 Å². The number of hydrogen-bond donors (Lipinski definition) is 3. The first kappa shape index (κ1) is 18.2. The molecule has 0 spiro atoms. The fraction of sp³-hybridized carbons (Fsp3) is 0.526. The van der Waals surface area contributed by atoms with Crippen LogP contribution in [0.5, 0.6) is 0 Å². The quantitative estimate of drug-likeness (QED) is 0.629. The lowest BCUT2D eigenvalue weighted by Gasteiger charge is -2.27. The smallest absolute Gasteiger partial charge is 0.294 e. The first-order valence-corrected chi connectivity index (χ1v) is 9.31. The number of oxazole rings is 1. The van der Waals surface area contributed by atoms with Crippen molar-refractivity contribution in [3.8, 4) is 0 Å². The van der Waals surface area contributed by atoms with Crippen LogP contribution in [0.1, 0.15) is 37.7 Å². The Morgan fingerprint density at radius 2 is 2.04 bits per heavy atom. The Kier molecular flexibility index (Phi) is 6.46. The Bertz CT molecular complexity index is 664. The molecule has 0 saturated heterocycles. The first-order valence-electron chi connectivity index (χ1n) is 9.31. The molecule has 3 rings (SSSR count). The van der Waals surface area contributed by atoms with Gasteiger partial charge in [-0.05, 0) is 50.7 Å². The maximum absolute atomic E-state index is 12.3. The molecule has 140 valence electrons. The van der Waals surface area contributed by atoms with Gasteiger partial charge in [-0.2, -0.15) is 0 Å². The standard InChI is InChI=1S/C19H27N5O2/c1-14-3-8-17(23-13-14)20-9-2-10-21-18(25)15-4-6-16(7-5-15)24-19-22-11-12-26-19/h3,8,11-13,15-16H,2,4-7,9-10H2,1H3,(H,20,23)(H,21,25)(H,22,24). The minimum Gasteiger partial charge on any atom is -0.432 e. The third-order valence-electron chi connectivity index (χ3n) is 4.73. The highest BCUT2D eigenvalue weighted by Crippen LogP contribution is 2.26. The molecule has 7 heteroatoms. The van der Waals surface area contributed by atoms with Gasteiger partial charge >= 0.3 is 0 Å². The van der Waals surface area contributed by atoms with Crippen LogP contribution in [0.25, 0.3) is 0 Å². The monoisotopic (exact) mass is 357 g/mol. The highest BCUT2D eigenvalue weighted by atomic mass is 16.4. The van der Waals surface area contributed by atoms with E-state index in [0.29, 0.717) is 18.6 Å². The van der Waals surface area contributed by atoms with Gasteiger partial charge in [-0.15, -0.1) is 0 Å². The summed E-state index contributed by atoms with van der Waals surface area (Å²) in [6.45, 7) is 3.50. The van der Waals surface area contributed by atoms with E-state index in [2.05, 4.69) is 25.9 Å². The van der Waals surface area contributed by atoms with E-state index in [1.165, 1.54) is 0 Å². The zero-order valence-corrected chi connectivity index (χ0v) is 15.2. The summed E-state index contributed by atoms with van der Waals surface area (Å²) in [5.41, 5.74) is 1.15. The summed E-state index contributed by atoms with van der Waals surface area (Å²) in [5, 5.41) is 9.60. The van der Waals surface area contributed by atoms with Crippen LogP contribution in [0, 0.1) is 12.8 Å². The first-order chi connectivity index (χ1) is 12.7. The predicted molar refractivity (Wildman–Crippen MR) is 101 cm³/mol. The maximum Gasteiger partial charge on any atom is 0.294 e. The molecule has 1 aliphatic rings. The van der Waals surface area contributed by atoms with Gasteiger partial charge in [-0.1, -0.05) is 6.07 Å². The number of anilines is 2. The van der Waals surface area contributed by atoms with Gasteiger partial charge < -0.3 is 20.4 Å². The third kappa shape index (κ3) is 5.47. The van der Waals surface area contributed by atoms with Gasteiger partial charge in [-0.25, -0.2) is 9.97 Å². The van der Waals surface area contributed by atoms with Crippen LogP contribution in [-0.4, -0.2) is 35.0 Å². The molecule has 2 heterocycles. The van der Waals surface area contributed by atoms with Crippen molar-refractivity contribution in [3.05, 3.63) is 36.4 Å². The lowest BCUT2D eigenvalue weighted by Crippen LogP contribution is -2.36. The zero-order chi connectivity index (χ0) is 18.2. The molecule has 1 saturated carbocycles. The van der Waals surface area contributed by atoms with Crippen LogP contribution < -0.4 is 16.0 Å². The Balaban J connectivity index is 1.27. The molecule has 3 N–H and O–H groups in total. The average molecular weight is 357 g/mol. The van der Waals surface area contributed by atoms with E-state index in [-0.39, 0.29) is 11.8 Å². The normalized spacial score (nSPS) is 19.7. The van der Waals surface area contributed by atoms with Gasteiger partial charge in [-0.3, -0.25) is 4.79 Å². The largest absolute Gasteiger partial charge is 0.432 e. The lowest BCUT2D eigenvalue weighted by atomic mass is 9.85. The van der Waals surface area contributed by atoms with Crippen molar-refractivity contribution in [1.82, 2.24) is 15.3 Å². The van der Waals surface area contributed by atoms with Crippen LogP contribution >= 0.6 is 0 Å². The molecule has 1 aliphatic carbocycles. The van der Waals surface area contributed by atoms with E-state index in [1.807, 2.05) is 25.3 Å². The van der Waals surface area contributed by atoms with Gasteiger partial charge in [0, 0.05) is 31.2 Å². The molecular formula is C19H27N5O2.